The lowest BCUT2D eigenvalue weighted by Gasteiger charge is -2.11. The summed E-state index contributed by atoms with van der Waals surface area (Å²) in [6, 6.07) is 16.8. The molecule has 0 saturated carbocycles. The first-order valence-electron chi connectivity index (χ1n) is 8.51. The predicted molar refractivity (Wildman–Crippen MR) is 101 cm³/mol. The number of carbonyl (C=O) groups is 1. The minimum Gasteiger partial charge on any atom is -0.490 e. The highest BCUT2D eigenvalue weighted by molar-refractivity contribution is 6.01. The molecule has 0 unspecified atom stereocenters. The Bertz CT molecular complexity index is 808. The molecule has 0 aliphatic rings. The molecule has 2 aromatic rings. The maximum absolute atomic E-state index is 12.3. The molecule has 0 spiro atoms. The Kier molecular flexibility index (Phi) is 7.26. The Labute approximate surface area is 153 Å². The molecule has 5 heteroatoms. The Balaban J connectivity index is 2.15. The maximum atomic E-state index is 12.3. The fourth-order valence-corrected chi connectivity index (χ4v) is 2.35. The first-order valence-corrected chi connectivity index (χ1v) is 8.51. The average molecular weight is 350 g/mol. The topological polar surface area (TPSA) is 71.3 Å². The van der Waals surface area contributed by atoms with Crippen LogP contribution in [0.5, 0.6) is 11.5 Å². The van der Waals surface area contributed by atoms with E-state index < -0.39 is 5.91 Å². The molecule has 0 bridgehead atoms. The molecule has 0 aliphatic carbocycles. The van der Waals surface area contributed by atoms with E-state index in [1.807, 2.05) is 50.2 Å². The number of benzene rings is 2. The third-order valence-electron chi connectivity index (χ3n) is 3.54. The molecule has 134 valence electrons. The molecule has 0 heterocycles. The van der Waals surface area contributed by atoms with Gasteiger partial charge >= 0.3 is 0 Å². The molecule has 0 atom stereocenters. The highest BCUT2D eigenvalue weighted by Gasteiger charge is 2.10. The van der Waals surface area contributed by atoms with Crippen LogP contribution in [-0.4, -0.2) is 19.1 Å². The van der Waals surface area contributed by atoms with Crippen LogP contribution in [0.4, 0.5) is 0 Å². The van der Waals surface area contributed by atoms with Crippen molar-refractivity contribution in [3.63, 3.8) is 0 Å². The Morgan fingerprint density at radius 2 is 1.77 bits per heavy atom. The Hall–Kier alpha value is -3.26. The van der Waals surface area contributed by atoms with Gasteiger partial charge in [-0.1, -0.05) is 36.4 Å². The van der Waals surface area contributed by atoms with E-state index >= 15 is 0 Å². The lowest BCUT2D eigenvalue weighted by atomic mass is 10.1. The van der Waals surface area contributed by atoms with E-state index in [4.69, 9.17) is 9.47 Å². The van der Waals surface area contributed by atoms with Crippen LogP contribution >= 0.6 is 0 Å². The summed E-state index contributed by atoms with van der Waals surface area (Å²) in [6.45, 7) is 5.17. The number of hydrogen-bond acceptors (Lipinski definition) is 4. The van der Waals surface area contributed by atoms with Crippen molar-refractivity contribution in [1.82, 2.24) is 5.32 Å². The molecule has 0 saturated heterocycles. The van der Waals surface area contributed by atoms with Crippen LogP contribution in [0.25, 0.3) is 6.08 Å². The van der Waals surface area contributed by atoms with Gasteiger partial charge in [0.2, 0.25) is 0 Å². The van der Waals surface area contributed by atoms with Crippen LogP contribution in [0.15, 0.2) is 54.1 Å². The Morgan fingerprint density at radius 1 is 1.08 bits per heavy atom. The summed E-state index contributed by atoms with van der Waals surface area (Å²) in [7, 11) is 0. The largest absolute Gasteiger partial charge is 0.490 e. The maximum Gasteiger partial charge on any atom is 0.262 e. The molecule has 0 fully saturated rings. The van der Waals surface area contributed by atoms with Crippen molar-refractivity contribution in [1.29, 1.82) is 5.26 Å². The van der Waals surface area contributed by atoms with E-state index in [9.17, 15) is 10.1 Å². The summed E-state index contributed by atoms with van der Waals surface area (Å²) in [5.41, 5.74) is 1.70. The monoisotopic (exact) mass is 350 g/mol. The zero-order valence-corrected chi connectivity index (χ0v) is 15.0. The van der Waals surface area contributed by atoms with Gasteiger partial charge in [-0.05, 0) is 43.2 Å². The van der Waals surface area contributed by atoms with Crippen LogP contribution in [0, 0.1) is 11.3 Å². The molecule has 1 N–H and O–H groups in total. The van der Waals surface area contributed by atoms with Gasteiger partial charge < -0.3 is 14.8 Å². The van der Waals surface area contributed by atoms with Gasteiger partial charge in [0.05, 0.1) is 13.2 Å². The van der Waals surface area contributed by atoms with Gasteiger partial charge in [0, 0.05) is 6.54 Å². The number of carbonyl (C=O) groups excluding carboxylic acids is 1. The fraction of sp³-hybridized carbons (Fsp3) is 0.238. The molecule has 0 aliphatic heterocycles. The first-order chi connectivity index (χ1) is 12.7. The summed E-state index contributed by atoms with van der Waals surface area (Å²) in [4.78, 5) is 12.3. The SMILES string of the molecule is CCOc1ccc(C=C(C#N)C(=O)NCc2ccccc2)cc1OCC. The van der Waals surface area contributed by atoms with E-state index in [2.05, 4.69) is 5.32 Å². The summed E-state index contributed by atoms with van der Waals surface area (Å²) < 4.78 is 11.1. The minimum absolute atomic E-state index is 0.0348. The number of ether oxygens (including phenoxy) is 2. The van der Waals surface area contributed by atoms with E-state index in [1.165, 1.54) is 0 Å². The second kappa shape index (κ2) is 9.90. The molecular weight excluding hydrogens is 328 g/mol. The van der Waals surface area contributed by atoms with Crippen LogP contribution in [0.3, 0.4) is 0 Å². The zero-order valence-electron chi connectivity index (χ0n) is 15.0. The van der Waals surface area contributed by atoms with Gasteiger partial charge in [-0.25, -0.2) is 0 Å². The van der Waals surface area contributed by atoms with Crippen LogP contribution in [-0.2, 0) is 11.3 Å². The normalized spacial score (nSPS) is 10.7. The Morgan fingerprint density at radius 3 is 2.42 bits per heavy atom. The number of rotatable bonds is 8. The van der Waals surface area contributed by atoms with Crippen molar-refractivity contribution in [2.24, 2.45) is 0 Å². The number of amides is 1. The van der Waals surface area contributed by atoms with Gasteiger partial charge in [-0.3, -0.25) is 4.79 Å². The van der Waals surface area contributed by atoms with Crippen molar-refractivity contribution in [2.75, 3.05) is 13.2 Å². The van der Waals surface area contributed by atoms with Crippen molar-refractivity contribution in [3.8, 4) is 17.6 Å². The van der Waals surface area contributed by atoms with Crippen LogP contribution in [0.2, 0.25) is 0 Å². The van der Waals surface area contributed by atoms with Gasteiger partial charge in [-0.2, -0.15) is 5.26 Å². The predicted octanol–water partition coefficient (Wildman–Crippen LogP) is 3.71. The van der Waals surface area contributed by atoms with E-state index in [1.54, 1.807) is 24.3 Å². The smallest absolute Gasteiger partial charge is 0.262 e. The molecule has 2 aromatic carbocycles. The number of nitrogens with one attached hydrogen (secondary N) is 1. The highest BCUT2D eigenvalue weighted by atomic mass is 16.5. The molecule has 0 radical (unpaired) electrons. The number of nitrogens with zero attached hydrogens (tertiary/aromatic N) is 1. The van der Waals surface area contributed by atoms with Crippen molar-refractivity contribution in [3.05, 3.63) is 65.2 Å². The summed E-state index contributed by atoms with van der Waals surface area (Å²) >= 11 is 0. The van der Waals surface area contributed by atoms with Gasteiger partial charge in [-0.15, -0.1) is 0 Å². The zero-order chi connectivity index (χ0) is 18.8. The van der Waals surface area contributed by atoms with Crippen LogP contribution in [0.1, 0.15) is 25.0 Å². The van der Waals surface area contributed by atoms with Crippen molar-refractivity contribution in [2.45, 2.75) is 20.4 Å². The lowest BCUT2D eigenvalue weighted by molar-refractivity contribution is -0.117. The van der Waals surface area contributed by atoms with Gasteiger partial charge in [0.25, 0.3) is 5.91 Å². The fourth-order valence-electron chi connectivity index (χ4n) is 2.35. The lowest BCUT2D eigenvalue weighted by Crippen LogP contribution is -2.23. The van der Waals surface area contributed by atoms with Crippen molar-refractivity contribution < 1.29 is 14.3 Å². The number of hydrogen-bond donors (Lipinski definition) is 1. The van der Waals surface area contributed by atoms with Crippen LogP contribution < -0.4 is 14.8 Å². The summed E-state index contributed by atoms with van der Waals surface area (Å²) in [5, 5.41) is 12.1. The molecule has 26 heavy (non-hydrogen) atoms. The van der Waals surface area contributed by atoms with Crippen molar-refractivity contribution >= 4 is 12.0 Å². The summed E-state index contributed by atoms with van der Waals surface area (Å²) in [5.74, 6) is 0.812. The third kappa shape index (κ3) is 5.38. The van der Waals surface area contributed by atoms with E-state index in [0.717, 1.165) is 5.56 Å². The minimum atomic E-state index is -0.414. The second-order valence-electron chi connectivity index (χ2n) is 5.41. The molecule has 1 amide bonds. The third-order valence-corrected chi connectivity index (χ3v) is 3.54. The molecule has 0 aromatic heterocycles. The molecular formula is C21H22N2O3. The molecule has 5 nitrogen and oxygen atoms in total. The van der Waals surface area contributed by atoms with E-state index in [-0.39, 0.29) is 5.57 Å². The van der Waals surface area contributed by atoms with Gasteiger partial charge in [0.1, 0.15) is 11.6 Å². The average Bonchev–Trinajstić information content (AvgIpc) is 2.67. The standard InChI is InChI=1S/C21H22N2O3/c1-3-25-19-11-10-17(13-20(19)26-4-2)12-18(14-22)21(24)23-15-16-8-6-5-7-9-16/h5-13H,3-4,15H2,1-2H3,(H,23,24). The quantitative estimate of drug-likeness (QED) is 0.582. The summed E-state index contributed by atoms with van der Waals surface area (Å²) in [6.07, 6.45) is 1.54. The molecule has 2 rings (SSSR count). The first kappa shape index (κ1) is 19.1. The number of nitriles is 1. The highest BCUT2D eigenvalue weighted by Crippen LogP contribution is 2.29. The van der Waals surface area contributed by atoms with E-state index in [0.29, 0.717) is 36.8 Å². The van der Waals surface area contributed by atoms with Gasteiger partial charge in [0.15, 0.2) is 11.5 Å². The second-order valence-corrected chi connectivity index (χ2v) is 5.41.